The summed E-state index contributed by atoms with van der Waals surface area (Å²) >= 11 is 0. The minimum atomic E-state index is -2.83. The summed E-state index contributed by atoms with van der Waals surface area (Å²) in [4.78, 5) is 6.71. The molecule has 0 heterocycles. The molecule has 0 atom stereocenters. The Morgan fingerprint density at radius 2 is 2.04 bits per heavy atom. The number of halogens is 3. The molecule has 0 aromatic heterocycles. The molecule has 0 spiro atoms. The summed E-state index contributed by atoms with van der Waals surface area (Å²) in [5.41, 5.74) is 0.803. The summed E-state index contributed by atoms with van der Waals surface area (Å²) in [7, 11) is 3.77. The van der Waals surface area contributed by atoms with Crippen LogP contribution in [-0.4, -0.2) is 64.4 Å². The standard InChI is InChI=1S/C18H30F2N4O2.HI/c1-4-21-18(22-9-11-24(2)10-6-12-25-3)23-14-15-7-5-8-16(13-15)26-17(19)20;/h5,7-8,13,17H,4,6,9-12,14H2,1-3H3,(H2,21,22,23);1H. The smallest absolute Gasteiger partial charge is 0.387 e. The number of likely N-dealkylation sites (N-methyl/N-ethyl adjacent to an activating group) is 1. The van der Waals surface area contributed by atoms with Crippen molar-refractivity contribution >= 4 is 29.9 Å². The van der Waals surface area contributed by atoms with Crippen LogP contribution in [-0.2, 0) is 11.3 Å². The molecule has 0 amide bonds. The average Bonchev–Trinajstić information content (AvgIpc) is 2.59. The van der Waals surface area contributed by atoms with Crippen molar-refractivity contribution in [3.8, 4) is 5.75 Å². The highest BCUT2D eigenvalue weighted by Gasteiger charge is 2.05. The Bertz CT molecular complexity index is 536. The van der Waals surface area contributed by atoms with Crippen molar-refractivity contribution in [1.82, 2.24) is 15.5 Å². The Morgan fingerprint density at radius 3 is 2.70 bits per heavy atom. The maximum atomic E-state index is 12.3. The molecule has 0 unspecified atom stereocenters. The number of hydrogen-bond acceptors (Lipinski definition) is 4. The van der Waals surface area contributed by atoms with Gasteiger partial charge in [0.05, 0.1) is 6.54 Å². The van der Waals surface area contributed by atoms with E-state index in [1.807, 2.05) is 13.0 Å². The molecule has 1 rings (SSSR count). The van der Waals surface area contributed by atoms with E-state index in [0.717, 1.165) is 44.8 Å². The predicted molar refractivity (Wildman–Crippen MR) is 115 cm³/mol. The van der Waals surface area contributed by atoms with E-state index in [0.29, 0.717) is 12.5 Å². The Morgan fingerprint density at radius 1 is 1.26 bits per heavy atom. The summed E-state index contributed by atoms with van der Waals surface area (Å²) in [6, 6.07) is 6.58. The fraction of sp³-hybridized carbons (Fsp3) is 0.611. The van der Waals surface area contributed by atoms with E-state index in [4.69, 9.17) is 4.74 Å². The lowest BCUT2D eigenvalue weighted by Gasteiger charge is -2.18. The van der Waals surface area contributed by atoms with E-state index in [2.05, 4.69) is 32.3 Å². The first-order chi connectivity index (χ1) is 12.5. The Labute approximate surface area is 177 Å². The molecule has 1 aromatic carbocycles. The van der Waals surface area contributed by atoms with Gasteiger partial charge in [-0.05, 0) is 38.1 Å². The molecule has 0 fully saturated rings. The largest absolute Gasteiger partial charge is 0.435 e. The second kappa shape index (κ2) is 15.8. The summed E-state index contributed by atoms with van der Waals surface area (Å²) in [6.45, 7) is 3.65. The number of benzene rings is 1. The molecular weight excluding hydrogens is 469 g/mol. The maximum absolute atomic E-state index is 12.3. The minimum Gasteiger partial charge on any atom is -0.435 e. The topological polar surface area (TPSA) is 58.1 Å². The summed E-state index contributed by atoms with van der Waals surface area (Å²) in [5.74, 6) is 0.835. The Hall–Kier alpha value is -1.20. The van der Waals surface area contributed by atoms with E-state index in [1.54, 1.807) is 19.2 Å². The molecule has 0 bridgehead atoms. The van der Waals surface area contributed by atoms with Gasteiger partial charge in [0, 0.05) is 39.9 Å². The van der Waals surface area contributed by atoms with Gasteiger partial charge in [0.2, 0.25) is 0 Å². The van der Waals surface area contributed by atoms with Crippen LogP contribution in [0.1, 0.15) is 18.9 Å². The van der Waals surface area contributed by atoms with Gasteiger partial charge < -0.3 is 25.0 Å². The monoisotopic (exact) mass is 500 g/mol. The van der Waals surface area contributed by atoms with Crippen LogP contribution in [0.2, 0.25) is 0 Å². The molecule has 0 aliphatic heterocycles. The number of alkyl halides is 2. The van der Waals surface area contributed by atoms with Gasteiger partial charge in [-0.3, -0.25) is 0 Å². The highest BCUT2D eigenvalue weighted by atomic mass is 127. The van der Waals surface area contributed by atoms with Crippen molar-refractivity contribution in [2.24, 2.45) is 4.99 Å². The Balaban J connectivity index is 0.00000676. The third-order valence-electron chi connectivity index (χ3n) is 3.56. The van der Waals surface area contributed by atoms with Crippen molar-refractivity contribution in [3.05, 3.63) is 29.8 Å². The summed E-state index contributed by atoms with van der Waals surface area (Å²) in [5, 5.41) is 6.45. The second-order valence-electron chi connectivity index (χ2n) is 5.80. The zero-order valence-electron chi connectivity index (χ0n) is 16.2. The van der Waals surface area contributed by atoms with Crippen LogP contribution in [0, 0.1) is 0 Å². The number of nitrogens with zero attached hydrogens (tertiary/aromatic N) is 2. The van der Waals surface area contributed by atoms with Crippen LogP contribution in [0.15, 0.2) is 29.3 Å². The number of methoxy groups -OCH3 is 1. The molecule has 27 heavy (non-hydrogen) atoms. The van der Waals surface area contributed by atoms with Crippen molar-refractivity contribution in [2.45, 2.75) is 26.5 Å². The lowest BCUT2D eigenvalue weighted by Crippen LogP contribution is -2.41. The molecule has 1 aromatic rings. The van der Waals surface area contributed by atoms with Crippen molar-refractivity contribution in [2.75, 3.05) is 46.9 Å². The van der Waals surface area contributed by atoms with Gasteiger partial charge in [0.25, 0.3) is 0 Å². The SMILES string of the molecule is CCNC(=NCc1cccc(OC(F)F)c1)NCCN(C)CCCOC.I. The third kappa shape index (κ3) is 12.7. The van der Waals surface area contributed by atoms with Gasteiger partial charge >= 0.3 is 6.61 Å². The van der Waals surface area contributed by atoms with Crippen molar-refractivity contribution in [3.63, 3.8) is 0 Å². The molecule has 0 saturated carbocycles. The van der Waals surface area contributed by atoms with Gasteiger partial charge in [-0.1, -0.05) is 12.1 Å². The fourth-order valence-electron chi connectivity index (χ4n) is 2.29. The third-order valence-corrected chi connectivity index (χ3v) is 3.56. The van der Waals surface area contributed by atoms with Crippen LogP contribution >= 0.6 is 24.0 Å². The van der Waals surface area contributed by atoms with Crippen LogP contribution in [0.3, 0.4) is 0 Å². The van der Waals surface area contributed by atoms with Crippen molar-refractivity contribution < 1.29 is 18.3 Å². The van der Waals surface area contributed by atoms with E-state index < -0.39 is 6.61 Å². The number of nitrogens with one attached hydrogen (secondary N) is 2. The van der Waals surface area contributed by atoms with Crippen molar-refractivity contribution in [1.29, 1.82) is 0 Å². The average molecular weight is 500 g/mol. The number of hydrogen-bond donors (Lipinski definition) is 2. The molecule has 0 saturated heterocycles. The van der Waals surface area contributed by atoms with Crippen LogP contribution in [0.5, 0.6) is 5.75 Å². The zero-order chi connectivity index (χ0) is 19.2. The van der Waals surface area contributed by atoms with Crippen LogP contribution in [0.25, 0.3) is 0 Å². The number of aliphatic imine (C=N–C) groups is 1. The van der Waals surface area contributed by atoms with Gasteiger partial charge in [0.1, 0.15) is 5.75 Å². The first-order valence-corrected chi connectivity index (χ1v) is 8.78. The maximum Gasteiger partial charge on any atom is 0.387 e. The molecular formula is C18H31F2IN4O2. The summed E-state index contributed by atoms with van der Waals surface area (Å²) < 4.78 is 34.0. The predicted octanol–water partition coefficient (Wildman–Crippen LogP) is 2.93. The van der Waals surface area contributed by atoms with Gasteiger partial charge in [-0.2, -0.15) is 8.78 Å². The molecule has 156 valence electrons. The lowest BCUT2D eigenvalue weighted by molar-refractivity contribution is -0.0498. The molecule has 0 radical (unpaired) electrons. The van der Waals surface area contributed by atoms with Gasteiger partial charge in [-0.25, -0.2) is 4.99 Å². The highest BCUT2D eigenvalue weighted by molar-refractivity contribution is 14.0. The van der Waals surface area contributed by atoms with E-state index >= 15 is 0 Å². The first kappa shape index (κ1) is 25.8. The van der Waals surface area contributed by atoms with Gasteiger partial charge in [0.15, 0.2) is 5.96 Å². The zero-order valence-corrected chi connectivity index (χ0v) is 18.5. The first-order valence-electron chi connectivity index (χ1n) is 8.78. The minimum absolute atomic E-state index is 0. The molecule has 2 N–H and O–H groups in total. The normalized spacial score (nSPS) is 11.4. The van der Waals surface area contributed by atoms with Crippen LogP contribution < -0.4 is 15.4 Å². The molecule has 0 aliphatic rings. The molecule has 9 heteroatoms. The van der Waals surface area contributed by atoms with E-state index in [9.17, 15) is 8.78 Å². The fourth-order valence-corrected chi connectivity index (χ4v) is 2.29. The number of ether oxygens (including phenoxy) is 2. The molecule has 6 nitrogen and oxygen atoms in total. The quantitative estimate of drug-likeness (QED) is 0.200. The Kier molecular flexibility index (Phi) is 15.1. The molecule has 0 aliphatic carbocycles. The van der Waals surface area contributed by atoms with Crippen LogP contribution in [0.4, 0.5) is 8.78 Å². The number of rotatable bonds is 12. The number of guanidine groups is 1. The second-order valence-corrected chi connectivity index (χ2v) is 5.80. The summed E-state index contributed by atoms with van der Waals surface area (Å²) in [6.07, 6.45) is 0.998. The van der Waals surface area contributed by atoms with E-state index in [-0.39, 0.29) is 29.7 Å². The lowest BCUT2D eigenvalue weighted by atomic mass is 10.2. The van der Waals surface area contributed by atoms with Gasteiger partial charge in [-0.15, -0.1) is 24.0 Å². The highest BCUT2D eigenvalue weighted by Crippen LogP contribution is 2.16. The van der Waals surface area contributed by atoms with E-state index in [1.165, 1.54) is 6.07 Å².